The van der Waals surface area contributed by atoms with Crippen LogP contribution in [-0.4, -0.2) is 25.5 Å². The van der Waals surface area contributed by atoms with Gasteiger partial charge in [0.2, 0.25) is 11.9 Å². The average molecular weight is 294 g/mol. The second kappa shape index (κ2) is 5.65. The molecular formula is C15H14N6O. The molecule has 2 heterocycles. The maximum absolute atomic E-state index is 11.2. The highest BCUT2D eigenvalue weighted by Crippen LogP contribution is 2.17. The Hall–Kier alpha value is -3.22. The number of pyridine rings is 1. The minimum atomic E-state index is 0.0216. The van der Waals surface area contributed by atoms with Crippen LogP contribution in [0.4, 0.5) is 17.6 Å². The zero-order valence-electron chi connectivity index (χ0n) is 11.9. The molecule has 2 aromatic heterocycles. The van der Waals surface area contributed by atoms with Crippen molar-refractivity contribution in [1.29, 1.82) is 0 Å². The van der Waals surface area contributed by atoms with E-state index >= 15 is 0 Å². The first-order valence-corrected chi connectivity index (χ1v) is 6.65. The number of carbonyl (C=O) groups is 1. The van der Waals surface area contributed by atoms with Crippen LogP contribution < -0.4 is 11.1 Å². The van der Waals surface area contributed by atoms with Crippen molar-refractivity contribution in [3.05, 3.63) is 54.2 Å². The molecule has 0 radical (unpaired) electrons. The fourth-order valence-corrected chi connectivity index (χ4v) is 1.94. The number of ketones is 1. The Kier molecular flexibility index (Phi) is 3.53. The van der Waals surface area contributed by atoms with Crippen LogP contribution in [0.3, 0.4) is 0 Å². The maximum Gasteiger partial charge on any atom is 0.248 e. The number of hydrogen-bond acceptors (Lipinski definition) is 6. The number of rotatable bonds is 4. The average Bonchev–Trinajstić information content (AvgIpc) is 2.89. The van der Waals surface area contributed by atoms with Crippen LogP contribution in [0.15, 0.2) is 48.7 Å². The van der Waals surface area contributed by atoms with E-state index in [1.54, 1.807) is 36.5 Å². The Bertz CT molecular complexity index is 795. The fourth-order valence-electron chi connectivity index (χ4n) is 1.94. The monoisotopic (exact) mass is 294 g/mol. The summed E-state index contributed by atoms with van der Waals surface area (Å²) >= 11 is 0. The number of aromatic nitrogens is 4. The SMILES string of the molecule is CC(=O)c1ccc(Nc2nc(N)n(-c3ccccn3)n2)cc1. The molecule has 0 amide bonds. The van der Waals surface area contributed by atoms with E-state index in [0.29, 0.717) is 17.3 Å². The molecule has 0 aliphatic carbocycles. The molecule has 0 unspecified atom stereocenters. The van der Waals surface area contributed by atoms with E-state index in [1.807, 2.05) is 12.1 Å². The Morgan fingerprint density at radius 2 is 1.95 bits per heavy atom. The highest BCUT2D eigenvalue weighted by Gasteiger charge is 2.09. The van der Waals surface area contributed by atoms with Gasteiger partial charge in [0.15, 0.2) is 11.6 Å². The third kappa shape index (κ3) is 2.78. The predicted octanol–water partition coefficient (Wildman–Crippen LogP) is 2.19. The van der Waals surface area contributed by atoms with Gasteiger partial charge in [-0.25, -0.2) is 4.98 Å². The molecule has 7 heteroatoms. The summed E-state index contributed by atoms with van der Waals surface area (Å²) < 4.78 is 1.45. The highest BCUT2D eigenvalue weighted by molar-refractivity contribution is 5.94. The molecule has 110 valence electrons. The number of nitrogens with two attached hydrogens (primary N) is 1. The van der Waals surface area contributed by atoms with Gasteiger partial charge in [-0.05, 0) is 43.3 Å². The minimum absolute atomic E-state index is 0.0216. The third-order valence-corrected chi connectivity index (χ3v) is 3.05. The summed E-state index contributed by atoms with van der Waals surface area (Å²) in [6.45, 7) is 1.53. The summed E-state index contributed by atoms with van der Waals surface area (Å²) in [7, 11) is 0. The van der Waals surface area contributed by atoms with E-state index < -0.39 is 0 Å². The molecule has 1 aromatic carbocycles. The number of anilines is 3. The van der Waals surface area contributed by atoms with Gasteiger partial charge in [-0.1, -0.05) is 6.07 Å². The van der Waals surface area contributed by atoms with Gasteiger partial charge in [0.05, 0.1) is 0 Å². The second-order valence-corrected chi connectivity index (χ2v) is 4.65. The molecular weight excluding hydrogens is 280 g/mol. The van der Waals surface area contributed by atoms with E-state index in [4.69, 9.17) is 5.73 Å². The first-order chi connectivity index (χ1) is 10.6. The lowest BCUT2D eigenvalue weighted by Gasteiger charge is -2.02. The summed E-state index contributed by atoms with van der Waals surface area (Å²) in [6, 6.07) is 12.5. The van der Waals surface area contributed by atoms with Gasteiger partial charge in [0.1, 0.15) is 0 Å². The molecule has 3 rings (SSSR count). The largest absolute Gasteiger partial charge is 0.368 e. The van der Waals surface area contributed by atoms with Gasteiger partial charge in [-0.2, -0.15) is 9.67 Å². The second-order valence-electron chi connectivity index (χ2n) is 4.65. The molecule has 7 nitrogen and oxygen atoms in total. The first kappa shape index (κ1) is 13.7. The maximum atomic E-state index is 11.2. The molecule has 3 N–H and O–H groups in total. The van der Waals surface area contributed by atoms with E-state index in [2.05, 4.69) is 20.4 Å². The van der Waals surface area contributed by atoms with Crippen molar-refractivity contribution in [2.45, 2.75) is 6.92 Å². The van der Waals surface area contributed by atoms with Crippen LogP contribution in [-0.2, 0) is 0 Å². The van der Waals surface area contributed by atoms with Crippen LogP contribution >= 0.6 is 0 Å². The van der Waals surface area contributed by atoms with Crippen molar-refractivity contribution in [3.63, 3.8) is 0 Å². The molecule has 3 aromatic rings. The summed E-state index contributed by atoms with van der Waals surface area (Å²) in [5.41, 5.74) is 7.27. The van der Waals surface area contributed by atoms with E-state index in [0.717, 1.165) is 5.69 Å². The standard InChI is InChI=1S/C15H14N6O/c1-10(22)11-5-7-12(8-6-11)18-15-19-14(16)21(20-15)13-4-2-3-9-17-13/h2-9H,1H3,(H3,16,18,19,20). The number of nitrogen functional groups attached to an aromatic ring is 1. The molecule has 0 atom stereocenters. The van der Waals surface area contributed by atoms with Crippen molar-refractivity contribution in [2.75, 3.05) is 11.1 Å². The zero-order chi connectivity index (χ0) is 15.5. The van der Waals surface area contributed by atoms with E-state index in [1.165, 1.54) is 11.6 Å². The summed E-state index contributed by atoms with van der Waals surface area (Å²) in [5, 5.41) is 7.31. The van der Waals surface area contributed by atoms with Crippen LogP contribution in [0.2, 0.25) is 0 Å². The lowest BCUT2D eigenvalue weighted by atomic mass is 10.1. The Balaban J connectivity index is 1.83. The van der Waals surface area contributed by atoms with Crippen LogP contribution in [0.25, 0.3) is 5.82 Å². The number of nitrogens with zero attached hydrogens (tertiary/aromatic N) is 4. The van der Waals surface area contributed by atoms with Crippen molar-refractivity contribution in [2.24, 2.45) is 0 Å². The molecule has 22 heavy (non-hydrogen) atoms. The lowest BCUT2D eigenvalue weighted by Crippen LogP contribution is -2.04. The molecule has 0 spiro atoms. The molecule has 0 bridgehead atoms. The first-order valence-electron chi connectivity index (χ1n) is 6.65. The topological polar surface area (TPSA) is 98.7 Å². The van der Waals surface area contributed by atoms with E-state index in [-0.39, 0.29) is 11.7 Å². The molecule has 0 fully saturated rings. The Labute approximate surface area is 126 Å². The number of hydrogen-bond donors (Lipinski definition) is 2. The van der Waals surface area contributed by atoms with Gasteiger partial charge in [0.25, 0.3) is 0 Å². The molecule has 0 aliphatic heterocycles. The van der Waals surface area contributed by atoms with Crippen LogP contribution in [0, 0.1) is 0 Å². The fraction of sp³-hybridized carbons (Fsp3) is 0.0667. The Morgan fingerprint density at radius 3 is 2.59 bits per heavy atom. The molecule has 0 aliphatic rings. The van der Waals surface area contributed by atoms with Crippen molar-refractivity contribution in [1.82, 2.24) is 19.7 Å². The summed E-state index contributed by atoms with van der Waals surface area (Å²) in [4.78, 5) is 19.6. The van der Waals surface area contributed by atoms with Crippen LogP contribution in [0.1, 0.15) is 17.3 Å². The zero-order valence-corrected chi connectivity index (χ0v) is 11.9. The smallest absolute Gasteiger partial charge is 0.248 e. The van der Waals surface area contributed by atoms with Crippen LogP contribution in [0.5, 0.6) is 0 Å². The number of Topliss-reactive ketones (excluding diaryl/α,β-unsaturated/α-hetero) is 1. The van der Waals surface area contributed by atoms with Crippen molar-refractivity contribution >= 4 is 23.4 Å². The Morgan fingerprint density at radius 1 is 1.18 bits per heavy atom. The summed E-state index contributed by atoms with van der Waals surface area (Å²) in [5.74, 6) is 1.21. The molecule has 0 saturated carbocycles. The van der Waals surface area contributed by atoms with Gasteiger partial charge >= 0.3 is 0 Å². The van der Waals surface area contributed by atoms with Gasteiger partial charge in [0, 0.05) is 17.4 Å². The van der Waals surface area contributed by atoms with Gasteiger partial charge in [-0.3, -0.25) is 4.79 Å². The predicted molar refractivity (Wildman–Crippen MR) is 83.3 cm³/mol. The van der Waals surface area contributed by atoms with Gasteiger partial charge < -0.3 is 11.1 Å². The lowest BCUT2D eigenvalue weighted by molar-refractivity contribution is 0.101. The summed E-state index contributed by atoms with van der Waals surface area (Å²) in [6.07, 6.45) is 1.66. The number of benzene rings is 1. The normalized spacial score (nSPS) is 10.4. The van der Waals surface area contributed by atoms with Crippen molar-refractivity contribution in [3.8, 4) is 5.82 Å². The highest BCUT2D eigenvalue weighted by atomic mass is 16.1. The van der Waals surface area contributed by atoms with E-state index in [9.17, 15) is 4.79 Å². The van der Waals surface area contributed by atoms with Gasteiger partial charge in [-0.15, -0.1) is 5.10 Å². The minimum Gasteiger partial charge on any atom is -0.368 e. The molecule has 0 saturated heterocycles. The third-order valence-electron chi connectivity index (χ3n) is 3.05. The number of nitrogens with one attached hydrogen (secondary N) is 1. The van der Waals surface area contributed by atoms with Crippen molar-refractivity contribution < 1.29 is 4.79 Å². The quantitative estimate of drug-likeness (QED) is 0.716. The number of carbonyl (C=O) groups excluding carboxylic acids is 1.